The Morgan fingerprint density at radius 3 is 2.35 bits per heavy atom. The minimum atomic E-state index is -1.27. The summed E-state index contributed by atoms with van der Waals surface area (Å²) in [5.41, 5.74) is -2.48. The molecule has 1 saturated carbocycles. The first kappa shape index (κ1) is 14.3. The van der Waals surface area contributed by atoms with Crippen LogP contribution in [-0.4, -0.2) is 51.4 Å². The molecule has 8 heteroatoms. The number of carbonyl (C=O) groups excluding carboxylic acids is 3. The number of rotatable bonds is 2. The minimum Gasteiger partial charge on any atom is -0.480 e. The van der Waals surface area contributed by atoms with Crippen LogP contribution in [0.4, 0.5) is 4.79 Å². The Bertz CT molecular complexity index is 495. The fraction of sp³-hybridized carbons (Fsp3) is 0.667. The monoisotopic (exact) mass is 283 g/mol. The van der Waals surface area contributed by atoms with E-state index in [9.17, 15) is 24.3 Å². The fourth-order valence-electron chi connectivity index (χ4n) is 2.30. The third kappa shape index (κ3) is 2.10. The van der Waals surface area contributed by atoms with Gasteiger partial charge in [0.25, 0.3) is 5.91 Å². The number of carboxylic acid groups (broad SMARTS) is 1. The van der Waals surface area contributed by atoms with Gasteiger partial charge in [0, 0.05) is 0 Å². The van der Waals surface area contributed by atoms with E-state index >= 15 is 0 Å². The summed E-state index contributed by atoms with van der Waals surface area (Å²) < 4.78 is 0. The lowest BCUT2D eigenvalue weighted by Crippen LogP contribution is -2.70. The van der Waals surface area contributed by atoms with Gasteiger partial charge in [-0.05, 0) is 33.1 Å². The quantitative estimate of drug-likeness (QED) is 0.587. The van der Waals surface area contributed by atoms with E-state index in [1.165, 1.54) is 13.8 Å². The highest BCUT2D eigenvalue weighted by Crippen LogP contribution is 2.32. The summed E-state index contributed by atoms with van der Waals surface area (Å²) in [7, 11) is 0. The van der Waals surface area contributed by atoms with Crippen molar-refractivity contribution in [1.82, 2.24) is 15.5 Å². The van der Waals surface area contributed by atoms with Crippen molar-refractivity contribution < 1.29 is 24.3 Å². The van der Waals surface area contributed by atoms with Gasteiger partial charge in [0.15, 0.2) is 0 Å². The molecule has 2 fully saturated rings. The Hall–Kier alpha value is -2.12. The van der Waals surface area contributed by atoms with E-state index in [1.54, 1.807) is 0 Å². The lowest BCUT2D eigenvalue weighted by atomic mass is 9.77. The largest absolute Gasteiger partial charge is 0.480 e. The summed E-state index contributed by atoms with van der Waals surface area (Å²) in [5.74, 6) is -2.26. The van der Waals surface area contributed by atoms with Gasteiger partial charge >= 0.3 is 12.0 Å². The van der Waals surface area contributed by atoms with Crippen LogP contribution >= 0.6 is 0 Å². The molecule has 2 rings (SSSR count). The van der Waals surface area contributed by atoms with Crippen LogP contribution in [0, 0.1) is 0 Å². The summed E-state index contributed by atoms with van der Waals surface area (Å²) in [4.78, 5) is 47.7. The lowest BCUT2D eigenvalue weighted by Gasteiger charge is -2.44. The summed E-state index contributed by atoms with van der Waals surface area (Å²) >= 11 is 0. The number of aliphatic carboxylic acids is 1. The maximum absolute atomic E-state index is 12.2. The summed E-state index contributed by atoms with van der Waals surface area (Å²) in [5, 5.41) is 13.8. The molecule has 2 aliphatic rings. The van der Waals surface area contributed by atoms with Crippen molar-refractivity contribution in [2.24, 2.45) is 0 Å². The molecule has 0 radical (unpaired) electrons. The van der Waals surface area contributed by atoms with Gasteiger partial charge in [-0.2, -0.15) is 0 Å². The predicted octanol–water partition coefficient (Wildman–Crippen LogP) is -0.560. The number of urea groups is 1. The van der Waals surface area contributed by atoms with Crippen LogP contribution in [0.2, 0.25) is 0 Å². The Morgan fingerprint density at radius 2 is 1.90 bits per heavy atom. The van der Waals surface area contributed by atoms with Gasteiger partial charge in [0.2, 0.25) is 5.91 Å². The number of hydrogen-bond donors (Lipinski definition) is 3. The number of carbonyl (C=O) groups is 4. The molecule has 0 aromatic heterocycles. The molecular formula is C12H17N3O5. The zero-order valence-electron chi connectivity index (χ0n) is 11.4. The van der Waals surface area contributed by atoms with E-state index in [1.807, 2.05) is 0 Å². The minimum absolute atomic E-state index is 0.278. The Kier molecular flexibility index (Phi) is 3.19. The highest BCUT2D eigenvalue weighted by atomic mass is 16.4. The second-order valence-corrected chi connectivity index (χ2v) is 5.69. The van der Waals surface area contributed by atoms with Gasteiger partial charge in [-0.15, -0.1) is 0 Å². The van der Waals surface area contributed by atoms with E-state index in [-0.39, 0.29) is 6.54 Å². The number of piperazine rings is 1. The zero-order chi connectivity index (χ0) is 15.1. The van der Waals surface area contributed by atoms with Crippen LogP contribution in [-0.2, 0) is 14.4 Å². The molecule has 0 bridgehead atoms. The average molecular weight is 283 g/mol. The van der Waals surface area contributed by atoms with Crippen molar-refractivity contribution in [3.05, 3.63) is 0 Å². The Labute approximate surface area is 115 Å². The molecule has 0 unspecified atom stereocenters. The van der Waals surface area contributed by atoms with Gasteiger partial charge < -0.3 is 15.3 Å². The molecule has 20 heavy (non-hydrogen) atoms. The Morgan fingerprint density at radius 1 is 1.30 bits per heavy atom. The first-order valence-corrected chi connectivity index (χ1v) is 6.36. The second kappa shape index (κ2) is 4.46. The van der Waals surface area contributed by atoms with Crippen LogP contribution in [0.5, 0.6) is 0 Å². The Balaban J connectivity index is 2.17. The van der Waals surface area contributed by atoms with Crippen LogP contribution in [0.1, 0.15) is 33.1 Å². The van der Waals surface area contributed by atoms with Crippen LogP contribution in [0.3, 0.4) is 0 Å². The molecular weight excluding hydrogens is 266 g/mol. The van der Waals surface area contributed by atoms with Gasteiger partial charge in [0.05, 0.1) is 0 Å². The normalized spacial score (nSPS) is 23.6. The molecule has 1 heterocycles. The summed E-state index contributed by atoms with van der Waals surface area (Å²) in [6.07, 6.45) is 1.42. The van der Waals surface area contributed by atoms with E-state index < -0.39 is 34.9 Å². The second-order valence-electron chi connectivity index (χ2n) is 5.69. The number of imide groups is 1. The predicted molar refractivity (Wildman–Crippen MR) is 66.7 cm³/mol. The lowest BCUT2D eigenvalue weighted by molar-refractivity contribution is -0.148. The molecule has 8 nitrogen and oxygen atoms in total. The number of nitrogens with one attached hydrogen (secondary N) is 2. The fourth-order valence-corrected chi connectivity index (χ4v) is 2.30. The first-order chi connectivity index (χ1) is 9.19. The van der Waals surface area contributed by atoms with E-state index in [0.29, 0.717) is 12.8 Å². The highest BCUT2D eigenvalue weighted by Gasteiger charge is 2.50. The molecule has 1 aliphatic carbocycles. The third-order valence-corrected chi connectivity index (χ3v) is 3.99. The van der Waals surface area contributed by atoms with Crippen molar-refractivity contribution in [3.63, 3.8) is 0 Å². The van der Waals surface area contributed by atoms with Crippen LogP contribution in [0.25, 0.3) is 0 Å². The molecule has 1 aliphatic heterocycles. The van der Waals surface area contributed by atoms with E-state index in [2.05, 4.69) is 10.6 Å². The highest BCUT2D eigenvalue weighted by molar-refractivity contribution is 6.06. The summed E-state index contributed by atoms with van der Waals surface area (Å²) in [6, 6.07) is -0.708. The van der Waals surface area contributed by atoms with Crippen LogP contribution in [0.15, 0.2) is 0 Å². The summed E-state index contributed by atoms with van der Waals surface area (Å²) in [6.45, 7) is 2.73. The number of hydrogen-bond acceptors (Lipinski definition) is 4. The molecule has 0 spiro atoms. The van der Waals surface area contributed by atoms with Crippen molar-refractivity contribution in [3.8, 4) is 0 Å². The molecule has 0 aromatic carbocycles. The molecule has 1 saturated heterocycles. The maximum atomic E-state index is 12.2. The number of amides is 4. The molecule has 4 amide bonds. The standard InChI is InChI=1S/C12H17N3O5/c1-11(2)8(17)13-7(16)6-15(11)10(20)14-12(9(18)19)4-3-5-12/h3-6H2,1-2H3,(H,14,20)(H,18,19)(H,13,16,17). The van der Waals surface area contributed by atoms with Crippen molar-refractivity contribution in [1.29, 1.82) is 0 Å². The van der Waals surface area contributed by atoms with E-state index in [0.717, 1.165) is 11.3 Å². The number of carboxylic acids is 1. The number of nitrogens with zero attached hydrogens (tertiary/aromatic N) is 1. The molecule has 0 aromatic rings. The molecule has 110 valence electrons. The molecule has 0 atom stereocenters. The van der Waals surface area contributed by atoms with Gasteiger partial charge in [-0.1, -0.05) is 0 Å². The molecule has 3 N–H and O–H groups in total. The van der Waals surface area contributed by atoms with Gasteiger partial charge in [-0.3, -0.25) is 14.9 Å². The first-order valence-electron chi connectivity index (χ1n) is 6.36. The van der Waals surface area contributed by atoms with Gasteiger partial charge in [-0.25, -0.2) is 9.59 Å². The zero-order valence-corrected chi connectivity index (χ0v) is 11.4. The van der Waals surface area contributed by atoms with Gasteiger partial charge in [0.1, 0.15) is 17.6 Å². The topological polar surface area (TPSA) is 116 Å². The van der Waals surface area contributed by atoms with Crippen LogP contribution < -0.4 is 10.6 Å². The SMILES string of the molecule is CC1(C)C(=O)NC(=O)CN1C(=O)NC1(C(=O)O)CCC1. The van der Waals surface area contributed by atoms with Crippen molar-refractivity contribution >= 4 is 23.8 Å². The average Bonchev–Trinajstić information content (AvgIpc) is 2.28. The van der Waals surface area contributed by atoms with E-state index in [4.69, 9.17) is 0 Å². The smallest absolute Gasteiger partial charge is 0.329 e. The maximum Gasteiger partial charge on any atom is 0.329 e. The third-order valence-electron chi connectivity index (χ3n) is 3.99. The van der Waals surface area contributed by atoms with Crippen molar-refractivity contribution in [2.45, 2.75) is 44.2 Å². The van der Waals surface area contributed by atoms with Crippen molar-refractivity contribution in [2.75, 3.05) is 6.54 Å².